The zero-order valence-electron chi connectivity index (χ0n) is 15.2. The number of nitroso groups, excluding NO2 is 1. The Hall–Kier alpha value is -4.20. The number of hydrogen-bond acceptors (Lipinski definition) is 4. The molecule has 8 heteroatoms. The lowest BCUT2D eigenvalue weighted by molar-refractivity contribution is -0.119. The van der Waals surface area contributed by atoms with Gasteiger partial charge in [0.15, 0.2) is 5.84 Å². The van der Waals surface area contributed by atoms with Crippen molar-refractivity contribution < 1.29 is 4.79 Å². The van der Waals surface area contributed by atoms with Crippen molar-refractivity contribution in [1.29, 1.82) is 5.41 Å². The predicted octanol–water partition coefficient (Wildman–Crippen LogP) is 4.33. The highest BCUT2D eigenvalue weighted by Crippen LogP contribution is 2.35. The topological polar surface area (TPSA) is 126 Å². The summed E-state index contributed by atoms with van der Waals surface area (Å²) in [4.78, 5) is 23.8. The van der Waals surface area contributed by atoms with Gasteiger partial charge in [0.1, 0.15) is 6.04 Å². The molecule has 4 rings (SSSR count). The lowest BCUT2D eigenvalue weighted by atomic mass is 10.1. The number of para-hydroxylation sites is 1. The van der Waals surface area contributed by atoms with E-state index < -0.39 is 11.9 Å². The molecule has 1 heterocycles. The molecule has 0 spiro atoms. The van der Waals surface area contributed by atoms with Gasteiger partial charge in [-0.2, -0.15) is 0 Å². The van der Waals surface area contributed by atoms with E-state index in [1.165, 1.54) is 0 Å². The SMILES string of the molecule is N=C(N=NN)c1ccc2c(c1)c1ccccc1n2C(C(=O)N=O)c1ccccc1. The van der Waals surface area contributed by atoms with Crippen molar-refractivity contribution in [3.63, 3.8) is 0 Å². The number of benzene rings is 3. The average molecular weight is 384 g/mol. The van der Waals surface area contributed by atoms with Gasteiger partial charge in [0.2, 0.25) is 0 Å². The molecule has 0 aliphatic rings. The molecule has 4 aromatic rings. The second-order valence-corrected chi connectivity index (χ2v) is 6.43. The Morgan fingerprint density at radius 1 is 0.931 bits per heavy atom. The van der Waals surface area contributed by atoms with Gasteiger partial charge in [-0.25, -0.2) is 0 Å². The predicted molar refractivity (Wildman–Crippen MR) is 111 cm³/mol. The maximum atomic E-state index is 12.6. The summed E-state index contributed by atoms with van der Waals surface area (Å²) in [6.07, 6.45) is 0. The van der Waals surface area contributed by atoms with Crippen LogP contribution >= 0.6 is 0 Å². The molecule has 0 radical (unpaired) electrons. The number of amides is 1. The number of nitrogens with zero attached hydrogens (tertiary/aromatic N) is 4. The minimum absolute atomic E-state index is 0.0727. The van der Waals surface area contributed by atoms with Crippen molar-refractivity contribution in [1.82, 2.24) is 4.57 Å². The maximum absolute atomic E-state index is 12.6. The van der Waals surface area contributed by atoms with E-state index in [1.807, 2.05) is 47.0 Å². The summed E-state index contributed by atoms with van der Waals surface area (Å²) in [5.74, 6) is 4.21. The Morgan fingerprint density at radius 3 is 2.34 bits per heavy atom. The Morgan fingerprint density at radius 2 is 1.62 bits per heavy atom. The zero-order valence-corrected chi connectivity index (χ0v) is 15.2. The number of aromatic nitrogens is 1. The molecular formula is C21H16N6O2. The van der Waals surface area contributed by atoms with Crippen LogP contribution in [0.4, 0.5) is 0 Å². The molecule has 3 aromatic carbocycles. The van der Waals surface area contributed by atoms with Crippen LogP contribution in [0.1, 0.15) is 17.2 Å². The van der Waals surface area contributed by atoms with Crippen molar-refractivity contribution >= 4 is 33.5 Å². The van der Waals surface area contributed by atoms with Gasteiger partial charge in [0.25, 0.3) is 0 Å². The van der Waals surface area contributed by atoms with Crippen LogP contribution < -0.4 is 5.84 Å². The van der Waals surface area contributed by atoms with Crippen molar-refractivity contribution in [2.75, 3.05) is 0 Å². The first kappa shape index (κ1) is 18.2. The van der Waals surface area contributed by atoms with Crippen LogP contribution in [0.25, 0.3) is 21.8 Å². The summed E-state index contributed by atoms with van der Waals surface area (Å²) < 4.78 is 1.81. The van der Waals surface area contributed by atoms with Gasteiger partial charge >= 0.3 is 5.91 Å². The molecule has 1 unspecified atom stereocenters. The molecule has 29 heavy (non-hydrogen) atoms. The van der Waals surface area contributed by atoms with E-state index in [0.717, 1.165) is 21.8 Å². The highest BCUT2D eigenvalue weighted by molar-refractivity contribution is 6.12. The first-order chi connectivity index (χ1) is 14.2. The second-order valence-electron chi connectivity index (χ2n) is 6.43. The van der Waals surface area contributed by atoms with E-state index in [2.05, 4.69) is 15.5 Å². The maximum Gasteiger partial charge on any atom is 0.313 e. The summed E-state index contributed by atoms with van der Waals surface area (Å²) in [6, 6.07) is 21.0. The molecule has 0 saturated carbocycles. The molecule has 1 amide bonds. The number of carbonyl (C=O) groups is 1. The van der Waals surface area contributed by atoms with Gasteiger partial charge in [-0.15, -0.1) is 10.0 Å². The van der Waals surface area contributed by atoms with Crippen LogP contribution in [0, 0.1) is 10.3 Å². The molecule has 0 fully saturated rings. The summed E-state index contributed by atoms with van der Waals surface area (Å²) in [6.45, 7) is 0. The molecule has 3 N–H and O–H groups in total. The largest absolute Gasteiger partial charge is 0.323 e. The quantitative estimate of drug-likeness (QED) is 0.136. The lowest BCUT2D eigenvalue weighted by Crippen LogP contribution is -2.18. The van der Waals surface area contributed by atoms with E-state index in [9.17, 15) is 9.70 Å². The fourth-order valence-corrected chi connectivity index (χ4v) is 3.63. The fourth-order valence-electron chi connectivity index (χ4n) is 3.63. The third kappa shape index (κ3) is 3.06. The Bertz CT molecular complexity index is 1280. The molecule has 0 aliphatic carbocycles. The molecule has 0 aliphatic heterocycles. The van der Waals surface area contributed by atoms with Gasteiger partial charge in [0, 0.05) is 21.5 Å². The first-order valence-electron chi connectivity index (χ1n) is 8.80. The third-order valence-electron chi connectivity index (χ3n) is 4.84. The van der Waals surface area contributed by atoms with E-state index in [4.69, 9.17) is 11.3 Å². The van der Waals surface area contributed by atoms with Crippen LogP contribution in [-0.2, 0) is 4.79 Å². The standard InChI is InChI=1S/C21H16N6O2/c22-20(24-26-23)14-10-11-18-16(12-14)15-8-4-5-9-17(15)27(18)19(21(28)25-29)13-6-2-1-3-7-13/h1-12,19H,(H3,22,23,24). The molecule has 142 valence electrons. The number of rotatable bonds is 4. The third-order valence-corrected chi connectivity index (χ3v) is 4.84. The van der Waals surface area contributed by atoms with Crippen LogP contribution in [0.15, 0.2) is 88.3 Å². The Balaban J connectivity index is 2.06. The fraction of sp³-hybridized carbons (Fsp3) is 0.0476. The van der Waals surface area contributed by atoms with E-state index in [1.54, 1.807) is 30.3 Å². The van der Waals surface area contributed by atoms with E-state index in [-0.39, 0.29) is 5.84 Å². The van der Waals surface area contributed by atoms with Crippen LogP contribution in [0.3, 0.4) is 0 Å². The van der Waals surface area contributed by atoms with Gasteiger partial charge in [0.05, 0.1) is 11.0 Å². The summed E-state index contributed by atoms with van der Waals surface area (Å²) in [5, 5.41) is 19.1. The minimum Gasteiger partial charge on any atom is -0.323 e. The van der Waals surface area contributed by atoms with Crippen molar-refractivity contribution in [2.45, 2.75) is 6.04 Å². The normalized spacial score (nSPS) is 12.4. The number of hydrogen-bond donors (Lipinski definition) is 2. The number of fused-ring (bicyclic) bond motifs is 3. The van der Waals surface area contributed by atoms with Crippen molar-refractivity contribution in [2.24, 2.45) is 21.4 Å². The molecular weight excluding hydrogens is 368 g/mol. The van der Waals surface area contributed by atoms with Gasteiger partial charge in [-0.1, -0.05) is 53.8 Å². The lowest BCUT2D eigenvalue weighted by Gasteiger charge is -2.17. The van der Waals surface area contributed by atoms with Crippen LogP contribution in [0.5, 0.6) is 0 Å². The van der Waals surface area contributed by atoms with Crippen LogP contribution in [-0.4, -0.2) is 16.3 Å². The van der Waals surface area contributed by atoms with Crippen molar-refractivity contribution in [3.8, 4) is 0 Å². The molecule has 0 bridgehead atoms. The summed E-state index contributed by atoms with van der Waals surface area (Å²) in [7, 11) is 0. The highest BCUT2D eigenvalue weighted by Gasteiger charge is 2.27. The number of carbonyl (C=O) groups excluding carboxylic acids is 1. The average Bonchev–Trinajstić information content (AvgIpc) is 3.08. The Kier molecular flexibility index (Phi) is 4.66. The first-order valence-corrected chi connectivity index (χ1v) is 8.80. The van der Waals surface area contributed by atoms with E-state index >= 15 is 0 Å². The minimum atomic E-state index is -0.898. The highest BCUT2D eigenvalue weighted by atomic mass is 16.3. The molecule has 8 nitrogen and oxygen atoms in total. The number of amidine groups is 1. The smallest absolute Gasteiger partial charge is 0.313 e. The zero-order chi connectivity index (χ0) is 20.4. The second kappa shape index (κ2) is 7.43. The Labute approximate surface area is 165 Å². The van der Waals surface area contributed by atoms with Gasteiger partial charge in [-0.3, -0.25) is 10.2 Å². The molecule has 1 aromatic heterocycles. The molecule has 0 saturated heterocycles. The summed E-state index contributed by atoms with van der Waals surface area (Å²) in [5.41, 5.74) is 2.70. The number of nitrogens with two attached hydrogens (primary N) is 1. The van der Waals surface area contributed by atoms with Gasteiger partial charge in [-0.05, 0) is 29.8 Å². The van der Waals surface area contributed by atoms with E-state index in [0.29, 0.717) is 11.1 Å². The number of nitrogens with one attached hydrogen (secondary N) is 1. The van der Waals surface area contributed by atoms with Gasteiger partial charge < -0.3 is 10.4 Å². The van der Waals surface area contributed by atoms with Crippen molar-refractivity contribution in [3.05, 3.63) is 88.8 Å². The molecule has 1 atom stereocenters. The monoisotopic (exact) mass is 384 g/mol. The van der Waals surface area contributed by atoms with Crippen LogP contribution in [0.2, 0.25) is 0 Å². The summed E-state index contributed by atoms with van der Waals surface area (Å²) >= 11 is 0.